The minimum Gasteiger partial charge on any atom is -0.302 e. The van der Waals surface area contributed by atoms with E-state index in [1.165, 1.54) is 35.1 Å². The Hall–Kier alpha value is -1.73. The summed E-state index contributed by atoms with van der Waals surface area (Å²) < 4.78 is 2.06. The van der Waals surface area contributed by atoms with Crippen LogP contribution in [0.4, 0.5) is 0 Å². The Kier molecular flexibility index (Phi) is 3.90. The van der Waals surface area contributed by atoms with Gasteiger partial charge in [0.15, 0.2) is 5.16 Å². The molecule has 0 aromatic carbocycles. The summed E-state index contributed by atoms with van der Waals surface area (Å²) in [5.41, 5.74) is 1.45. The lowest BCUT2D eigenvalue weighted by molar-refractivity contribution is 0.698. The van der Waals surface area contributed by atoms with E-state index in [2.05, 4.69) is 31.3 Å². The van der Waals surface area contributed by atoms with Crippen molar-refractivity contribution in [2.75, 3.05) is 0 Å². The molecule has 0 N–H and O–H groups in total. The molecule has 23 heavy (non-hydrogen) atoms. The van der Waals surface area contributed by atoms with E-state index in [0.717, 1.165) is 27.3 Å². The van der Waals surface area contributed by atoms with Gasteiger partial charge in [-0.15, -0.1) is 28.1 Å². The van der Waals surface area contributed by atoms with Crippen molar-refractivity contribution >= 4 is 33.3 Å². The predicted octanol–water partition coefficient (Wildman–Crippen LogP) is 3.81. The Labute approximate surface area is 142 Å². The van der Waals surface area contributed by atoms with Gasteiger partial charge in [0.25, 0.3) is 0 Å². The zero-order valence-corrected chi connectivity index (χ0v) is 14.6. The first-order valence-electron chi connectivity index (χ1n) is 7.71. The van der Waals surface area contributed by atoms with E-state index in [1.54, 1.807) is 18.1 Å². The molecule has 0 fully saturated rings. The van der Waals surface area contributed by atoms with Gasteiger partial charge < -0.3 is 4.57 Å². The molecule has 0 bridgehead atoms. The molecule has 0 unspecified atom stereocenters. The fourth-order valence-corrected chi connectivity index (χ4v) is 5.29. The topological polar surface area (TPSA) is 56.5 Å². The van der Waals surface area contributed by atoms with Crippen LogP contribution in [0.15, 0.2) is 29.2 Å². The zero-order chi connectivity index (χ0) is 15.8. The molecule has 0 amide bonds. The minimum absolute atomic E-state index is 0.705. The van der Waals surface area contributed by atoms with Crippen molar-refractivity contribution in [3.63, 3.8) is 0 Å². The van der Waals surface area contributed by atoms with Gasteiger partial charge in [0.2, 0.25) is 0 Å². The van der Waals surface area contributed by atoms with Gasteiger partial charge in [-0.25, -0.2) is 9.97 Å². The molecule has 7 heteroatoms. The Morgan fingerprint density at radius 1 is 1.30 bits per heavy atom. The molecule has 0 aliphatic heterocycles. The van der Waals surface area contributed by atoms with Gasteiger partial charge in [0.1, 0.15) is 22.0 Å². The Morgan fingerprint density at radius 3 is 3.04 bits per heavy atom. The van der Waals surface area contributed by atoms with Crippen LogP contribution in [0.2, 0.25) is 0 Å². The van der Waals surface area contributed by atoms with Gasteiger partial charge in [-0.1, -0.05) is 6.08 Å². The standard InChI is InChI=1S/C16H17N5S2/c1-3-8-21-10(2)19-20-16(21)23-15-13-11-6-4-5-7-12(11)22-14(13)17-9-18-15/h3,9H,1,4-8H2,2H3. The van der Waals surface area contributed by atoms with Crippen LogP contribution in [-0.2, 0) is 19.4 Å². The Balaban J connectivity index is 1.80. The second kappa shape index (κ2) is 6.05. The highest BCUT2D eigenvalue weighted by Gasteiger charge is 2.21. The average Bonchev–Trinajstić information content (AvgIpc) is 3.10. The van der Waals surface area contributed by atoms with E-state index >= 15 is 0 Å². The van der Waals surface area contributed by atoms with E-state index in [4.69, 9.17) is 0 Å². The second-order valence-corrected chi connectivity index (χ2v) is 7.64. The molecule has 3 aromatic heterocycles. The maximum atomic E-state index is 4.54. The Morgan fingerprint density at radius 2 is 2.17 bits per heavy atom. The largest absolute Gasteiger partial charge is 0.302 e. The summed E-state index contributed by atoms with van der Waals surface area (Å²) in [6.07, 6.45) is 8.36. The van der Waals surface area contributed by atoms with Crippen molar-refractivity contribution in [2.24, 2.45) is 0 Å². The summed E-state index contributed by atoms with van der Waals surface area (Å²) in [4.78, 5) is 11.6. The first-order chi connectivity index (χ1) is 11.3. The molecule has 118 valence electrons. The molecular weight excluding hydrogens is 326 g/mol. The molecule has 0 spiro atoms. The summed E-state index contributed by atoms with van der Waals surface area (Å²) in [6, 6.07) is 0. The fraction of sp³-hybridized carbons (Fsp3) is 0.375. The van der Waals surface area contributed by atoms with Crippen LogP contribution in [0, 0.1) is 6.92 Å². The van der Waals surface area contributed by atoms with E-state index in [-0.39, 0.29) is 0 Å². The van der Waals surface area contributed by atoms with Crippen LogP contribution >= 0.6 is 23.1 Å². The number of fused-ring (bicyclic) bond motifs is 3. The molecule has 3 aromatic rings. The van der Waals surface area contributed by atoms with Crippen molar-refractivity contribution in [2.45, 2.75) is 49.3 Å². The van der Waals surface area contributed by atoms with Gasteiger partial charge in [-0.2, -0.15) is 0 Å². The third kappa shape index (κ3) is 2.57. The monoisotopic (exact) mass is 343 g/mol. The van der Waals surface area contributed by atoms with Crippen molar-refractivity contribution < 1.29 is 0 Å². The van der Waals surface area contributed by atoms with Crippen LogP contribution in [-0.4, -0.2) is 24.7 Å². The predicted molar refractivity (Wildman–Crippen MR) is 93.1 cm³/mol. The SMILES string of the molecule is C=CCn1c(C)nnc1Sc1ncnc2sc3c(c12)CCCC3. The molecule has 0 radical (unpaired) electrons. The van der Waals surface area contributed by atoms with Crippen LogP contribution in [0.3, 0.4) is 0 Å². The van der Waals surface area contributed by atoms with Crippen molar-refractivity contribution in [1.29, 1.82) is 0 Å². The third-order valence-corrected chi connectivity index (χ3v) is 6.31. The lowest BCUT2D eigenvalue weighted by Crippen LogP contribution is -2.01. The summed E-state index contributed by atoms with van der Waals surface area (Å²) in [5, 5.41) is 11.6. The molecule has 1 aliphatic carbocycles. The number of hydrogen-bond acceptors (Lipinski definition) is 6. The van der Waals surface area contributed by atoms with Crippen molar-refractivity contribution in [3.05, 3.63) is 35.2 Å². The molecule has 0 atom stereocenters. The number of thiophene rings is 1. The number of rotatable bonds is 4. The first kappa shape index (κ1) is 14.8. The molecule has 0 saturated heterocycles. The maximum absolute atomic E-state index is 4.54. The quantitative estimate of drug-likeness (QED) is 0.532. The summed E-state index contributed by atoms with van der Waals surface area (Å²) in [5.74, 6) is 0.894. The first-order valence-corrected chi connectivity index (χ1v) is 9.35. The average molecular weight is 343 g/mol. The molecule has 4 rings (SSSR count). The zero-order valence-electron chi connectivity index (χ0n) is 12.9. The number of allylic oxidation sites excluding steroid dienone is 1. The number of aromatic nitrogens is 5. The second-order valence-electron chi connectivity index (χ2n) is 5.60. The van der Waals surface area contributed by atoms with Crippen LogP contribution in [0.25, 0.3) is 10.2 Å². The molecule has 1 aliphatic rings. The maximum Gasteiger partial charge on any atom is 0.197 e. The van der Waals surface area contributed by atoms with Gasteiger partial charge >= 0.3 is 0 Å². The highest BCUT2D eigenvalue weighted by molar-refractivity contribution is 7.99. The normalized spacial score (nSPS) is 14.1. The molecular formula is C16H17N5S2. The van der Waals surface area contributed by atoms with Gasteiger partial charge in [-0.05, 0) is 49.9 Å². The molecule has 5 nitrogen and oxygen atoms in total. The Bertz CT molecular complexity index is 880. The summed E-state index contributed by atoms with van der Waals surface area (Å²) in [7, 11) is 0. The van der Waals surface area contributed by atoms with Gasteiger partial charge in [0.05, 0.1) is 0 Å². The summed E-state index contributed by atoms with van der Waals surface area (Å²) >= 11 is 3.40. The number of aryl methyl sites for hydroxylation is 3. The van der Waals surface area contributed by atoms with E-state index in [0.29, 0.717) is 6.54 Å². The van der Waals surface area contributed by atoms with Crippen LogP contribution < -0.4 is 0 Å². The van der Waals surface area contributed by atoms with E-state index in [9.17, 15) is 0 Å². The highest BCUT2D eigenvalue weighted by Crippen LogP contribution is 2.40. The van der Waals surface area contributed by atoms with E-state index < -0.39 is 0 Å². The highest BCUT2D eigenvalue weighted by atomic mass is 32.2. The summed E-state index contributed by atoms with van der Waals surface area (Å²) in [6.45, 7) is 6.48. The molecule has 3 heterocycles. The van der Waals surface area contributed by atoms with Crippen molar-refractivity contribution in [1.82, 2.24) is 24.7 Å². The molecule has 0 saturated carbocycles. The van der Waals surface area contributed by atoms with E-state index in [1.807, 2.05) is 24.3 Å². The van der Waals surface area contributed by atoms with Crippen LogP contribution in [0.5, 0.6) is 0 Å². The third-order valence-electron chi connectivity index (χ3n) is 4.12. The van der Waals surface area contributed by atoms with Gasteiger partial charge in [-0.3, -0.25) is 0 Å². The minimum atomic E-state index is 0.705. The van der Waals surface area contributed by atoms with Gasteiger partial charge in [0, 0.05) is 16.8 Å². The number of hydrogen-bond donors (Lipinski definition) is 0. The van der Waals surface area contributed by atoms with Crippen molar-refractivity contribution in [3.8, 4) is 0 Å². The van der Waals surface area contributed by atoms with Crippen LogP contribution in [0.1, 0.15) is 29.1 Å². The fourth-order valence-electron chi connectivity index (χ4n) is 3.00. The number of nitrogens with zero attached hydrogens (tertiary/aromatic N) is 5. The lowest BCUT2D eigenvalue weighted by Gasteiger charge is -2.11. The lowest BCUT2D eigenvalue weighted by atomic mass is 9.97. The smallest absolute Gasteiger partial charge is 0.197 e.